The molecule has 5 nitrogen and oxygen atoms in total. The van der Waals surface area contributed by atoms with E-state index in [9.17, 15) is 0 Å². The Bertz CT molecular complexity index is 3450. The van der Waals surface area contributed by atoms with Crippen molar-refractivity contribution in [1.82, 2.24) is 24.1 Å². The highest BCUT2D eigenvalue weighted by atomic mass is 32.1. The number of rotatable bonds is 5. The summed E-state index contributed by atoms with van der Waals surface area (Å²) in [6.45, 7) is 0. The van der Waals surface area contributed by atoms with Crippen LogP contribution in [-0.4, -0.2) is 24.1 Å². The van der Waals surface area contributed by atoms with Gasteiger partial charge in [-0.25, -0.2) is 15.0 Å². The minimum absolute atomic E-state index is 0.634. The second kappa shape index (κ2) is 12.6. The Morgan fingerprint density at radius 2 is 0.895 bits per heavy atom. The molecule has 0 aliphatic rings. The molecule has 266 valence electrons. The van der Waals surface area contributed by atoms with Crippen LogP contribution in [0.25, 0.3) is 109 Å². The Labute approximate surface area is 331 Å². The highest BCUT2D eigenvalue weighted by Gasteiger charge is 2.24. The summed E-state index contributed by atoms with van der Waals surface area (Å²) in [5.74, 6) is 1.92. The Balaban J connectivity index is 1.23. The first kappa shape index (κ1) is 31.9. The molecule has 0 unspecified atom stereocenters. The first-order valence-corrected chi connectivity index (χ1v) is 19.9. The van der Waals surface area contributed by atoms with Gasteiger partial charge in [0.2, 0.25) is 0 Å². The van der Waals surface area contributed by atoms with E-state index >= 15 is 0 Å². The molecular formula is C51H31N5S. The maximum Gasteiger partial charge on any atom is 0.164 e. The van der Waals surface area contributed by atoms with Crippen molar-refractivity contribution >= 4 is 75.1 Å². The van der Waals surface area contributed by atoms with Crippen LogP contribution in [0.15, 0.2) is 188 Å². The van der Waals surface area contributed by atoms with Crippen LogP contribution in [0.5, 0.6) is 0 Å². The van der Waals surface area contributed by atoms with Crippen molar-refractivity contribution in [3.05, 3.63) is 188 Å². The van der Waals surface area contributed by atoms with E-state index in [4.69, 9.17) is 15.0 Å². The average molecular weight is 746 g/mol. The summed E-state index contributed by atoms with van der Waals surface area (Å²) in [7, 11) is 0. The summed E-state index contributed by atoms with van der Waals surface area (Å²) in [4.78, 5) is 15.4. The third-order valence-electron chi connectivity index (χ3n) is 11.1. The van der Waals surface area contributed by atoms with Crippen LogP contribution in [0, 0.1) is 0 Å². The number of para-hydroxylation sites is 3. The van der Waals surface area contributed by atoms with Gasteiger partial charge in [0.1, 0.15) is 0 Å². The second-order valence-corrected chi connectivity index (χ2v) is 15.5. The predicted molar refractivity (Wildman–Crippen MR) is 238 cm³/mol. The summed E-state index contributed by atoms with van der Waals surface area (Å²) in [5, 5.41) is 7.30. The molecular weight excluding hydrogens is 715 g/mol. The maximum absolute atomic E-state index is 5.20. The monoisotopic (exact) mass is 745 g/mol. The molecule has 6 heteroatoms. The first-order chi connectivity index (χ1) is 28.3. The molecule has 12 rings (SSSR count). The van der Waals surface area contributed by atoms with Crippen molar-refractivity contribution in [2.75, 3.05) is 0 Å². The second-order valence-electron chi connectivity index (χ2n) is 14.4. The molecule has 4 aromatic heterocycles. The minimum atomic E-state index is 0.634. The van der Waals surface area contributed by atoms with E-state index in [0.29, 0.717) is 17.5 Å². The van der Waals surface area contributed by atoms with Crippen LogP contribution in [0.4, 0.5) is 0 Å². The molecule has 0 atom stereocenters. The lowest BCUT2D eigenvalue weighted by molar-refractivity contribution is 1.07. The number of hydrogen-bond acceptors (Lipinski definition) is 4. The van der Waals surface area contributed by atoms with E-state index < -0.39 is 0 Å². The van der Waals surface area contributed by atoms with E-state index in [0.717, 1.165) is 33.6 Å². The zero-order valence-corrected chi connectivity index (χ0v) is 31.4. The van der Waals surface area contributed by atoms with E-state index in [1.807, 2.05) is 47.7 Å². The van der Waals surface area contributed by atoms with E-state index in [1.165, 1.54) is 58.3 Å². The highest BCUT2D eigenvalue weighted by molar-refractivity contribution is 7.26. The number of hydrogen-bond donors (Lipinski definition) is 0. The maximum atomic E-state index is 5.20. The molecule has 0 saturated heterocycles. The minimum Gasteiger partial charge on any atom is -0.309 e. The van der Waals surface area contributed by atoms with Gasteiger partial charge in [0.25, 0.3) is 0 Å². The quantitative estimate of drug-likeness (QED) is 0.176. The summed E-state index contributed by atoms with van der Waals surface area (Å²) in [6, 6.07) is 66.6. The van der Waals surface area contributed by atoms with Gasteiger partial charge < -0.3 is 9.13 Å². The van der Waals surface area contributed by atoms with Crippen LogP contribution >= 0.6 is 11.3 Å². The Morgan fingerprint density at radius 3 is 1.58 bits per heavy atom. The van der Waals surface area contributed by atoms with Crippen LogP contribution in [0.2, 0.25) is 0 Å². The van der Waals surface area contributed by atoms with Gasteiger partial charge in [-0.3, -0.25) is 0 Å². The third kappa shape index (κ3) is 4.91. The lowest BCUT2D eigenvalue weighted by Crippen LogP contribution is -2.01. The van der Waals surface area contributed by atoms with Gasteiger partial charge in [-0.2, -0.15) is 0 Å². The fourth-order valence-electron chi connectivity index (χ4n) is 8.69. The van der Waals surface area contributed by atoms with Crippen LogP contribution < -0.4 is 0 Å². The summed E-state index contributed by atoms with van der Waals surface area (Å²) >= 11 is 1.81. The molecule has 0 aliphatic carbocycles. The zero-order chi connectivity index (χ0) is 37.5. The fraction of sp³-hybridized carbons (Fsp3) is 0. The zero-order valence-electron chi connectivity index (χ0n) is 30.5. The van der Waals surface area contributed by atoms with Crippen LogP contribution in [-0.2, 0) is 0 Å². The molecule has 12 aromatic rings. The molecule has 0 amide bonds. The molecule has 57 heavy (non-hydrogen) atoms. The molecule has 0 bridgehead atoms. The van der Waals surface area contributed by atoms with Gasteiger partial charge in [0, 0.05) is 64.1 Å². The molecule has 4 heterocycles. The number of aromatic nitrogens is 5. The predicted octanol–water partition coefficient (Wildman–Crippen LogP) is 13.4. The van der Waals surface area contributed by atoms with E-state index in [-0.39, 0.29) is 0 Å². The van der Waals surface area contributed by atoms with Crippen molar-refractivity contribution in [2.45, 2.75) is 0 Å². The largest absolute Gasteiger partial charge is 0.309 e. The standard InChI is InChI=1S/C51H31N5S/c1-4-16-32(17-5-1)49-52-50(33-18-6-2-7-19-33)54-51(53-49)34-30-43(46-39-24-12-15-27-44(39)57-45(46)31-34)56-40-25-13-10-22-36(40)37-28-29-42-47(48(37)56)38-23-11-14-26-41(38)55(42)35-20-8-3-9-21-35/h1-31H. The Morgan fingerprint density at radius 1 is 0.351 bits per heavy atom. The summed E-state index contributed by atoms with van der Waals surface area (Å²) < 4.78 is 7.33. The van der Waals surface area contributed by atoms with Crippen molar-refractivity contribution < 1.29 is 0 Å². The van der Waals surface area contributed by atoms with Gasteiger partial charge in [-0.15, -0.1) is 11.3 Å². The van der Waals surface area contributed by atoms with Gasteiger partial charge in [-0.05, 0) is 48.5 Å². The number of thiophene rings is 1. The van der Waals surface area contributed by atoms with Crippen LogP contribution in [0.1, 0.15) is 0 Å². The molecule has 8 aromatic carbocycles. The molecule has 0 fully saturated rings. The molecule has 0 aliphatic heterocycles. The number of fused-ring (bicyclic) bond motifs is 10. The fourth-order valence-corrected chi connectivity index (χ4v) is 9.86. The molecule has 0 N–H and O–H groups in total. The number of nitrogens with zero attached hydrogens (tertiary/aromatic N) is 5. The van der Waals surface area contributed by atoms with Gasteiger partial charge in [0.05, 0.1) is 27.8 Å². The van der Waals surface area contributed by atoms with Gasteiger partial charge in [-0.1, -0.05) is 140 Å². The molecule has 0 spiro atoms. The van der Waals surface area contributed by atoms with Crippen molar-refractivity contribution in [1.29, 1.82) is 0 Å². The van der Waals surface area contributed by atoms with Crippen molar-refractivity contribution in [2.24, 2.45) is 0 Å². The normalized spacial score (nSPS) is 11.9. The van der Waals surface area contributed by atoms with Crippen LogP contribution in [0.3, 0.4) is 0 Å². The lowest BCUT2D eigenvalue weighted by Gasteiger charge is -2.14. The lowest BCUT2D eigenvalue weighted by atomic mass is 10.1. The van der Waals surface area contributed by atoms with Gasteiger partial charge >= 0.3 is 0 Å². The Hall–Kier alpha value is -7.41. The van der Waals surface area contributed by atoms with Crippen molar-refractivity contribution in [3.63, 3.8) is 0 Å². The SMILES string of the molecule is c1ccc(-c2nc(-c3ccccc3)nc(-c3cc(-n4c5ccccc5c5ccc6c(c7ccccc7n6-c6ccccc6)c54)c4c(c3)sc3ccccc34)n2)cc1. The summed E-state index contributed by atoms with van der Waals surface area (Å²) in [5.41, 5.74) is 9.73. The average Bonchev–Trinajstić information content (AvgIpc) is 3.94. The van der Waals surface area contributed by atoms with E-state index in [2.05, 4.69) is 161 Å². The Kier molecular flexibility index (Phi) is 7.03. The highest BCUT2D eigenvalue weighted by Crippen LogP contribution is 2.46. The number of benzene rings is 8. The van der Waals surface area contributed by atoms with E-state index in [1.54, 1.807) is 0 Å². The summed E-state index contributed by atoms with van der Waals surface area (Å²) in [6.07, 6.45) is 0. The van der Waals surface area contributed by atoms with Gasteiger partial charge in [0.15, 0.2) is 17.5 Å². The smallest absolute Gasteiger partial charge is 0.164 e. The first-order valence-electron chi connectivity index (χ1n) is 19.1. The molecule has 0 radical (unpaired) electrons. The topological polar surface area (TPSA) is 48.5 Å². The van der Waals surface area contributed by atoms with Crippen molar-refractivity contribution in [3.8, 4) is 45.5 Å². The molecule has 0 saturated carbocycles. The third-order valence-corrected chi connectivity index (χ3v) is 12.3.